The molecular weight excluding hydrogens is 412 g/mol. The number of thiol groups is 2. The molecule has 0 radical (unpaired) electrons. The molecule has 0 aromatic carbocycles. The maximum absolute atomic E-state index is 8.56. The van der Waals surface area contributed by atoms with Gasteiger partial charge in [-0.3, -0.25) is 0 Å². The first-order valence-corrected chi connectivity index (χ1v) is 14.0. The molecule has 3 nitrogen and oxygen atoms in total. The maximum atomic E-state index is 8.56. The van der Waals surface area contributed by atoms with E-state index in [2.05, 4.69) is 39.1 Å². The highest BCUT2D eigenvalue weighted by Gasteiger charge is 1.92. The van der Waals surface area contributed by atoms with Gasteiger partial charge in [0.05, 0.1) is 0 Å². The fraction of sp³-hybridized carbons (Fsp3) is 0.960. The lowest BCUT2D eigenvalue weighted by atomic mass is 10.1. The second kappa shape index (κ2) is 36.3. The summed E-state index contributed by atoms with van der Waals surface area (Å²) in [4.78, 5) is 8.56. The fourth-order valence-corrected chi connectivity index (χ4v) is 3.65. The molecule has 0 saturated carbocycles. The molecule has 0 bridgehead atoms. The Morgan fingerprint density at radius 1 is 0.467 bits per heavy atom. The van der Waals surface area contributed by atoms with Crippen LogP contribution >= 0.6 is 25.3 Å². The summed E-state index contributed by atoms with van der Waals surface area (Å²) in [6.07, 6.45) is 26.5. The predicted molar refractivity (Wildman–Crippen MR) is 142 cm³/mol. The van der Waals surface area contributed by atoms with Crippen molar-refractivity contribution >= 4 is 31.4 Å². The van der Waals surface area contributed by atoms with Gasteiger partial charge >= 0.3 is 6.16 Å². The predicted octanol–water partition coefficient (Wildman–Crippen LogP) is 9.90. The molecule has 0 fully saturated rings. The number of carbonyl (C=O) groups is 1. The molecule has 0 aromatic rings. The van der Waals surface area contributed by atoms with E-state index in [1.54, 1.807) is 0 Å². The number of unbranched alkanes of at least 4 members (excludes halogenated alkanes) is 18. The van der Waals surface area contributed by atoms with Gasteiger partial charge in [-0.1, -0.05) is 129 Å². The third-order valence-corrected chi connectivity index (χ3v) is 5.66. The molecule has 0 saturated heterocycles. The zero-order valence-electron chi connectivity index (χ0n) is 20.3. The van der Waals surface area contributed by atoms with Crippen LogP contribution in [0.15, 0.2) is 0 Å². The molecule has 0 aromatic heterocycles. The van der Waals surface area contributed by atoms with Gasteiger partial charge in [0.15, 0.2) is 0 Å². The zero-order valence-corrected chi connectivity index (χ0v) is 22.0. The average molecular weight is 467 g/mol. The molecule has 30 heavy (non-hydrogen) atoms. The van der Waals surface area contributed by atoms with Gasteiger partial charge in [-0.2, -0.15) is 25.3 Å². The SMILES string of the molecule is CCCCCCCCCCCCS.CCCCCCCCCCCCS.O=C(O)O. The van der Waals surface area contributed by atoms with Crippen molar-refractivity contribution in [3.05, 3.63) is 0 Å². The van der Waals surface area contributed by atoms with Crippen LogP contribution in [0.25, 0.3) is 0 Å². The van der Waals surface area contributed by atoms with Gasteiger partial charge in [0, 0.05) is 0 Å². The van der Waals surface area contributed by atoms with Crippen molar-refractivity contribution in [1.29, 1.82) is 0 Å². The van der Waals surface area contributed by atoms with E-state index < -0.39 is 6.16 Å². The smallest absolute Gasteiger partial charge is 0.450 e. The summed E-state index contributed by atoms with van der Waals surface area (Å²) >= 11 is 8.40. The van der Waals surface area contributed by atoms with E-state index in [1.165, 1.54) is 128 Å². The van der Waals surface area contributed by atoms with E-state index in [9.17, 15) is 0 Å². The highest BCUT2D eigenvalue weighted by atomic mass is 32.1. The third kappa shape index (κ3) is 51.0. The number of rotatable bonds is 20. The summed E-state index contributed by atoms with van der Waals surface area (Å²) in [6, 6.07) is 0. The van der Waals surface area contributed by atoms with Crippen LogP contribution in [-0.4, -0.2) is 27.9 Å². The minimum absolute atomic E-state index is 1.07. The number of hydrogen-bond acceptors (Lipinski definition) is 3. The van der Waals surface area contributed by atoms with Gasteiger partial charge in [0.2, 0.25) is 0 Å². The fourth-order valence-electron chi connectivity index (χ4n) is 3.20. The molecule has 0 aliphatic carbocycles. The van der Waals surface area contributed by atoms with E-state index in [-0.39, 0.29) is 0 Å². The highest BCUT2D eigenvalue weighted by molar-refractivity contribution is 7.80. The van der Waals surface area contributed by atoms with Crippen molar-refractivity contribution in [2.45, 2.75) is 142 Å². The Hall–Kier alpha value is -0.0300. The molecule has 0 unspecified atom stereocenters. The molecule has 0 spiro atoms. The topological polar surface area (TPSA) is 57.5 Å². The lowest BCUT2D eigenvalue weighted by Gasteiger charge is -2.00. The van der Waals surface area contributed by atoms with Crippen molar-refractivity contribution in [3.8, 4) is 0 Å². The second-order valence-electron chi connectivity index (χ2n) is 8.09. The van der Waals surface area contributed by atoms with Gasteiger partial charge in [-0.25, -0.2) is 4.79 Å². The molecule has 0 amide bonds. The first-order chi connectivity index (χ1) is 14.6. The quantitative estimate of drug-likeness (QED) is 0.107. The maximum Gasteiger partial charge on any atom is 0.503 e. The van der Waals surface area contributed by atoms with E-state index >= 15 is 0 Å². The molecule has 0 aliphatic heterocycles. The zero-order chi connectivity index (χ0) is 23.1. The Kier molecular flexibility index (Phi) is 41.9. The van der Waals surface area contributed by atoms with Gasteiger partial charge in [-0.15, -0.1) is 0 Å². The van der Waals surface area contributed by atoms with Crippen LogP contribution in [0.2, 0.25) is 0 Å². The molecule has 0 heterocycles. The van der Waals surface area contributed by atoms with Crippen LogP contribution in [-0.2, 0) is 0 Å². The minimum atomic E-state index is -1.83. The summed E-state index contributed by atoms with van der Waals surface area (Å²) in [5, 5.41) is 13.9. The Morgan fingerprint density at radius 2 is 0.633 bits per heavy atom. The van der Waals surface area contributed by atoms with Crippen molar-refractivity contribution in [2.24, 2.45) is 0 Å². The van der Waals surface area contributed by atoms with Crippen LogP contribution in [0.3, 0.4) is 0 Å². The summed E-state index contributed by atoms with van der Waals surface area (Å²) in [7, 11) is 0. The molecule has 0 aliphatic rings. The van der Waals surface area contributed by atoms with E-state index in [0.717, 1.165) is 11.5 Å². The second-order valence-corrected chi connectivity index (χ2v) is 8.99. The van der Waals surface area contributed by atoms with E-state index in [4.69, 9.17) is 15.0 Å². The molecule has 0 atom stereocenters. The largest absolute Gasteiger partial charge is 0.503 e. The van der Waals surface area contributed by atoms with Crippen LogP contribution in [0, 0.1) is 0 Å². The lowest BCUT2D eigenvalue weighted by molar-refractivity contribution is 0.137. The minimum Gasteiger partial charge on any atom is -0.450 e. The summed E-state index contributed by atoms with van der Waals surface area (Å²) in [6.45, 7) is 4.55. The molecule has 0 rings (SSSR count). The third-order valence-electron chi connectivity index (χ3n) is 5.02. The first kappa shape index (κ1) is 34.6. The first-order valence-electron chi connectivity index (χ1n) is 12.7. The Bertz CT molecular complexity index is 244. The molecular formula is C25H54O3S2. The standard InChI is InChI=1S/2C12H26S.CH2O3/c2*1-2-3-4-5-6-7-8-9-10-11-12-13;2-1(3)4/h2*13H,2-12H2,1H3;(H2,2,3,4). The number of hydrogen-bond donors (Lipinski definition) is 4. The molecule has 184 valence electrons. The summed E-state index contributed by atoms with van der Waals surface area (Å²) < 4.78 is 0. The van der Waals surface area contributed by atoms with Crippen LogP contribution < -0.4 is 0 Å². The van der Waals surface area contributed by atoms with Crippen molar-refractivity contribution < 1.29 is 15.0 Å². The van der Waals surface area contributed by atoms with Gasteiger partial charge in [0.1, 0.15) is 0 Å². The highest BCUT2D eigenvalue weighted by Crippen LogP contribution is 2.11. The normalized spacial score (nSPS) is 10.0. The lowest BCUT2D eigenvalue weighted by Crippen LogP contribution is -1.81. The van der Waals surface area contributed by atoms with E-state index in [1.807, 2.05) is 0 Å². The van der Waals surface area contributed by atoms with Crippen LogP contribution in [0.4, 0.5) is 4.79 Å². The van der Waals surface area contributed by atoms with Crippen LogP contribution in [0.5, 0.6) is 0 Å². The monoisotopic (exact) mass is 466 g/mol. The van der Waals surface area contributed by atoms with E-state index in [0.29, 0.717) is 0 Å². The van der Waals surface area contributed by atoms with Crippen molar-refractivity contribution in [2.75, 3.05) is 11.5 Å². The van der Waals surface area contributed by atoms with Crippen molar-refractivity contribution in [1.82, 2.24) is 0 Å². The summed E-state index contributed by atoms with van der Waals surface area (Å²) in [5.41, 5.74) is 0. The van der Waals surface area contributed by atoms with Crippen LogP contribution in [0.1, 0.15) is 142 Å². The average Bonchev–Trinajstić information content (AvgIpc) is 2.71. The van der Waals surface area contributed by atoms with Gasteiger partial charge in [-0.05, 0) is 24.3 Å². The Morgan fingerprint density at radius 3 is 0.800 bits per heavy atom. The Labute approximate surface area is 200 Å². The molecule has 2 N–H and O–H groups in total. The molecule has 5 heteroatoms. The number of carboxylic acid groups (broad SMARTS) is 2. The van der Waals surface area contributed by atoms with Gasteiger partial charge < -0.3 is 10.2 Å². The Balaban J connectivity index is -0.000000412. The summed E-state index contributed by atoms with van der Waals surface area (Å²) in [5.74, 6) is 2.13. The van der Waals surface area contributed by atoms with Gasteiger partial charge in [0.25, 0.3) is 0 Å². The van der Waals surface area contributed by atoms with Crippen molar-refractivity contribution in [3.63, 3.8) is 0 Å².